The maximum atomic E-state index is 14.5. The van der Waals surface area contributed by atoms with E-state index in [1.54, 1.807) is 0 Å². The van der Waals surface area contributed by atoms with Gasteiger partial charge in [-0.1, -0.05) is 19.4 Å². The normalized spacial score (nSPS) is 21.0. The molecule has 0 spiro atoms. The first-order valence-corrected chi connectivity index (χ1v) is 8.44. The van der Waals surface area contributed by atoms with Crippen LogP contribution in [-0.2, 0) is 0 Å². The Hall–Kier alpha value is -1.84. The lowest BCUT2D eigenvalue weighted by atomic mass is 9.77. The zero-order chi connectivity index (χ0) is 17.3. The lowest BCUT2D eigenvalue weighted by Crippen LogP contribution is -2.13. The summed E-state index contributed by atoms with van der Waals surface area (Å²) < 4.78 is 55.3. The van der Waals surface area contributed by atoms with Crippen LogP contribution in [0.4, 0.5) is 17.6 Å². The van der Waals surface area contributed by atoms with Gasteiger partial charge in [0.15, 0.2) is 11.6 Å². The minimum absolute atomic E-state index is 0.00476. The molecular weight excluding hydrogens is 316 g/mol. The molecule has 0 aliphatic heterocycles. The summed E-state index contributed by atoms with van der Waals surface area (Å²) in [5.74, 6) is -2.74. The average molecular weight is 336 g/mol. The van der Waals surface area contributed by atoms with Crippen LogP contribution in [0.1, 0.15) is 50.5 Å². The molecule has 0 nitrogen and oxygen atoms in total. The molecule has 0 aromatic heterocycles. The number of benzene rings is 2. The van der Waals surface area contributed by atoms with Crippen LogP contribution in [0, 0.1) is 29.2 Å². The summed E-state index contributed by atoms with van der Waals surface area (Å²) >= 11 is 0. The van der Waals surface area contributed by atoms with Gasteiger partial charge >= 0.3 is 0 Å². The Morgan fingerprint density at radius 1 is 0.792 bits per heavy atom. The number of rotatable bonds is 3. The number of halogens is 4. The van der Waals surface area contributed by atoms with Crippen LogP contribution in [-0.4, -0.2) is 0 Å². The first kappa shape index (κ1) is 17.0. The van der Waals surface area contributed by atoms with E-state index in [0.717, 1.165) is 44.2 Å². The van der Waals surface area contributed by atoms with Crippen molar-refractivity contribution in [2.45, 2.75) is 44.9 Å². The molecule has 24 heavy (non-hydrogen) atoms. The highest BCUT2D eigenvalue weighted by molar-refractivity contribution is 5.65. The Kier molecular flexibility index (Phi) is 4.93. The van der Waals surface area contributed by atoms with Crippen molar-refractivity contribution in [3.8, 4) is 11.1 Å². The van der Waals surface area contributed by atoms with Gasteiger partial charge in [-0.25, -0.2) is 17.6 Å². The molecule has 0 bridgehead atoms. The largest absolute Gasteiger partial charge is 0.206 e. The van der Waals surface area contributed by atoms with Crippen LogP contribution in [0.5, 0.6) is 0 Å². The highest BCUT2D eigenvalue weighted by Gasteiger charge is 2.24. The molecule has 0 heterocycles. The van der Waals surface area contributed by atoms with Crippen molar-refractivity contribution >= 4 is 0 Å². The number of hydrogen-bond acceptors (Lipinski definition) is 0. The summed E-state index contributed by atoms with van der Waals surface area (Å²) in [6.45, 7) is 2.17. The van der Waals surface area contributed by atoms with Crippen molar-refractivity contribution in [1.29, 1.82) is 0 Å². The minimum Gasteiger partial charge on any atom is -0.206 e. The van der Waals surface area contributed by atoms with Crippen molar-refractivity contribution in [2.75, 3.05) is 0 Å². The van der Waals surface area contributed by atoms with E-state index in [1.807, 2.05) is 0 Å². The van der Waals surface area contributed by atoms with Crippen LogP contribution >= 0.6 is 0 Å². The Balaban J connectivity index is 1.90. The minimum atomic E-state index is -1.12. The molecule has 128 valence electrons. The maximum Gasteiger partial charge on any atom is 0.159 e. The van der Waals surface area contributed by atoms with E-state index in [9.17, 15) is 17.6 Å². The van der Waals surface area contributed by atoms with Gasteiger partial charge in [-0.05, 0) is 72.9 Å². The summed E-state index contributed by atoms with van der Waals surface area (Å²) in [6, 6.07) is 5.58. The fraction of sp³-hybridized carbons (Fsp3) is 0.400. The second-order valence-electron chi connectivity index (χ2n) is 6.61. The third-order valence-corrected chi connectivity index (χ3v) is 5.17. The van der Waals surface area contributed by atoms with Crippen molar-refractivity contribution < 1.29 is 17.6 Å². The third kappa shape index (κ3) is 3.33. The van der Waals surface area contributed by atoms with Crippen molar-refractivity contribution in [3.63, 3.8) is 0 Å². The molecule has 0 N–H and O–H groups in total. The summed E-state index contributed by atoms with van der Waals surface area (Å²) in [6.07, 6.45) is 5.17. The smallest absolute Gasteiger partial charge is 0.159 e. The molecule has 0 saturated heterocycles. The molecular formula is C20H20F4. The van der Waals surface area contributed by atoms with Gasteiger partial charge in [-0.15, -0.1) is 0 Å². The van der Waals surface area contributed by atoms with Gasteiger partial charge < -0.3 is 0 Å². The zero-order valence-electron chi connectivity index (χ0n) is 13.6. The molecule has 2 aromatic carbocycles. The highest BCUT2D eigenvalue weighted by Crippen LogP contribution is 2.39. The van der Waals surface area contributed by atoms with E-state index in [2.05, 4.69) is 6.92 Å². The Morgan fingerprint density at radius 3 is 1.96 bits per heavy atom. The first-order chi connectivity index (χ1) is 11.5. The molecule has 1 fully saturated rings. The molecule has 2 aromatic rings. The molecule has 0 unspecified atom stereocenters. The third-order valence-electron chi connectivity index (χ3n) is 5.17. The van der Waals surface area contributed by atoms with Crippen LogP contribution in [0.3, 0.4) is 0 Å². The van der Waals surface area contributed by atoms with E-state index in [0.29, 0.717) is 11.5 Å². The standard InChI is InChI=1S/C20H20F4/c1-2-12-3-5-13(6-4-12)15-10-18(23)20(19(24)11-15)14-7-8-16(21)17(22)9-14/h7-13H,2-6H2,1H3/t12-,13-. The maximum absolute atomic E-state index is 14.5. The van der Waals surface area contributed by atoms with E-state index in [4.69, 9.17) is 0 Å². The van der Waals surface area contributed by atoms with Crippen LogP contribution in [0.2, 0.25) is 0 Å². The fourth-order valence-electron chi connectivity index (χ4n) is 3.66. The average Bonchev–Trinajstić information content (AvgIpc) is 2.57. The monoisotopic (exact) mass is 336 g/mol. The molecule has 4 heteroatoms. The second kappa shape index (κ2) is 6.96. The molecule has 0 atom stereocenters. The van der Waals surface area contributed by atoms with Gasteiger partial charge in [0.05, 0.1) is 5.56 Å². The van der Waals surface area contributed by atoms with E-state index >= 15 is 0 Å². The van der Waals surface area contributed by atoms with Crippen LogP contribution in [0.25, 0.3) is 11.1 Å². The van der Waals surface area contributed by atoms with E-state index in [1.165, 1.54) is 18.2 Å². The molecule has 1 saturated carbocycles. The predicted molar refractivity (Wildman–Crippen MR) is 86.7 cm³/mol. The van der Waals surface area contributed by atoms with Crippen LogP contribution in [0.15, 0.2) is 30.3 Å². The summed E-state index contributed by atoms with van der Waals surface area (Å²) in [5.41, 5.74) is 0.357. The lowest BCUT2D eigenvalue weighted by Gasteiger charge is -2.28. The highest BCUT2D eigenvalue weighted by atomic mass is 19.2. The van der Waals surface area contributed by atoms with Crippen molar-refractivity contribution in [1.82, 2.24) is 0 Å². The number of hydrogen-bond donors (Lipinski definition) is 0. The molecule has 1 aliphatic rings. The van der Waals surface area contributed by atoms with Gasteiger partial charge in [0.2, 0.25) is 0 Å². The van der Waals surface area contributed by atoms with E-state index < -0.39 is 23.3 Å². The van der Waals surface area contributed by atoms with E-state index in [-0.39, 0.29) is 17.0 Å². The molecule has 0 amide bonds. The van der Waals surface area contributed by atoms with Gasteiger partial charge in [-0.3, -0.25) is 0 Å². The summed E-state index contributed by atoms with van der Waals surface area (Å²) in [7, 11) is 0. The Labute approximate surface area is 139 Å². The first-order valence-electron chi connectivity index (χ1n) is 8.44. The molecule has 1 aliphatic carbocycles. The Bertz CT molecular complexity index is 707. The predicted octanol–water partition coefficient (Wildman–Crippen LogP) is 6.59. The lowest BCUT2D eigenvalue weighted by molar-refractivity contribution is 0.318. The van der Waals surface area contributed by atoms with Gasteiger partial charge in [-0.2, -0.15) is 0 Å². The topological polar surface area (TPSA) is 0 Å². The van der Waals surface area contributed by atoms with Crippen LogP contribution < -0.4 is 0 Å². The Morgan fingerprint density at radius 2 is 1.42 bits per heavy atom. The SMILES string of the molecule is CC[C@H]1CC[C@H](c2cc(F)c(-c3ccc(F)c(F)c3)c(F)c2)CC1. The van der Waals surface area contributed by atoms with Crippen molar-refractivity contribution in [2.24, 2.45) is 5.92 Å². The summed E-state index contributed by atoms with van der Waals surface area (Å²) in [4.78, 5) is 0. The fourth-order valence-corrected chi connectivity index (χ4v) is 3.66. The summed E-state index contributed by atoms with van der Waals surface area (Å²) in [5, 5.41) is 0. The van der Waals surface area contributed by atoms with Gasteiger partial charge in [0, 0.05) is 0 Å². The zero-order valence-corrected chi connectivity index (χ0v) is 13.6. The van der Waals surface area contributed by atoms with Gasteiger partial charge in [0.1, 0.15) is 11.6 Å². The van der Waals surface area contributed by atoms with Crippen molar-refractivity contribution in [3.05, 3.63) is 59.2 Å². The molecule has 3 rings (SSSR count). The molecule has 0 radical (unpaired) electrons. The quantitative estimate of drug-likeness (QED) is 0.554. The van der Waals surface area contributed by atoms with Gasteiger partial charge in [0.25, 0.3) is 0 Å². The second-order valence-corrected chi connectivity index (χ2v) is 6.61.